The SMILES string of the molecule is CC#CCCC(NC)c1cccc(Br)c1. The van der Waals surface area contributed by atoms with Gasteiger partial charge in [-0.1, -0.05) is 28.1 Å². The molecular weight excluding hydrogens is 250 g/mol. The molecule has 0 amide bonds. The molecule has 0 aliphatic carbocycles. The van der Waals surface area contributed by atoms with Crippen LogP contribution in [0.1, 0.15) is 31.4 Å². The first-order valence-electron chi connectivity index (χ1n) is 5.10. The Morgan fingerprint density at radius 2 is 2.27 bits per heavy atom. The molecule has 0 bridgehead atoms. The Labute approximate surface area is 100 Å². The second-order valence-corrected chi connectivity index (χ2v) is 4.28. The van der Waals surface area contributed by atoms with Gasteiger partial charge in [-0.2, -0.15) is 0 Å². The average molecular weight is 266 g/mol. The molecule has 0 aromatic heterocycles. The van der Waals surface area contributed by atoms with Gasteiger partial charge in [0.25, 0.3) is 0 Å². The van der Waals surface area contributed by atoms with E-state index < -0.39 is 0 Å². The molecule has 1 unspecified atom stereocenters. The molecule has 1 rings (SSSR count). The summed E-state index contributed by atoms with van der Waals surface area (Å²) in [6.07, 6.45) is 1.99. The smallest absolute Gasteiger partial charge is 0.0327 e. The molecule has 0 heterocycles. The summed E-state index contributed by atoms with van der Waals surface area (Å²) in [5, 5.41) is 3.32. The second-order valence-electron chi connectivity index (χ2n) is 3.36. The lowest BCUT2D eigenvalue weighted by molar-refractivity contribution is 0.558. The van der Waals surface area contributed by atoms with Gasteiger partial charge in [-0.05, 0) is 38.1 Å². The minimum absolute atomic E-state index is 0.392. The summed E-state index contributed by atoms with van der Waals surface area (Å²) in [5.41, 5.74) is 1.31. The van der Waals surface area contributed by atoms with Crippen molar-refractivity contribution in [3.63, 3.8) is 0 Å². The van der Waals surface area contributed by atoms with E-state index in [1.165, 1.54) is 5.56 Å². The third kappa shape index (κ3) is 4.07. The van der Waals surface area contributed by atoms with Crippen molar-refractivity contribution < 1.29 is 0 Å². The Kier molecular flexibility index (Phi) is 5.45. The maximum atomic E-state index is 3.49. The first kappa shape index (κ1) is 12.3. The van der Waals surface area contributed by atoms with E-state index in [1.54, 1.807) is 0 Å². The van der Waals surface area contributed by atoms with E-state index in [-0.39, 0.29) is 0 Å². The van der Waals surface area contributed by atoms with Crippen molar-refractivity contribution in [2.75, 3.05) is 7.05 Å². The predicted molar refractivity (Wildman–Crippen MR) is 68.6 cm³/mol. The first-order valence-corrected chi connectivity index (χ1v) is 5.89. The summed E-state index contributed by atoms with van der Waals surface area (Å²) in [5.74, 6) is 6.02. The van der Waals surface area contributed by atoms with Crippen LogP contribution < -0.4 is 5.32 Å². The van der Waals surface area contributed by atoms with Crippen molar-refractivity contribution in [3.05, 3.63) is 34.3 Å². The standard InChI is InChI=1S/C13H16BrN/c1-3-4-5-9-13(15-2)11-7-6-8-12(14)10-11/h6-8,10,13,15H,5,9H2,1-2H3. The van der Waals surface area contributed by atoms with E-state index in [0.29, 0.717) is 6.04 Å². The maximum Gasteiger partial charge on any atom is 0.0327 e. The van der Waals surface area contributed by atoms with Crippen molar-refractivity contribution in [3.8, 4) is 11.8 Å². The molecule has 1 nitrogen and oxygen atoms in total. The fourth-order valence-corrected chi connectivity index (χ4v) is 1.96. The van der Waals surface area contributed by atoms with E-state index in [2.05, 4.69) is 51.3 Å². The quantitative estimate of drug-likeness (QED) is 0.822. The molecule has 1 aromatic rings. The third-order valence-corrected chi connectivity index (χ3v) is 2.83. The highest BCUT2D eigenvalue weighted by molar-refractivity contribution is 9.10. The number of rotatable bonds is 4. The van der Waals surface area contributed by atoms with Crippen LogP contribution in [0.3, 0.4) is 0 Å². The average Bonchev–Trinajstić information content (AvgIpc) is 2.24. The van der Waals surface area contributed by atoms with Gasteiger partial charge < -0.3 is 5.32 Å². The van der Waals surface area contributed by atoms with Crippen molar-refractivity contribution in [2.45, 2.75) is 25.8 Å². The number of hydrogen-bond acceptors (Lipinski definition) is 1. The fourth-order valence-electron chi connectivity index (χ4n) is 1.54. The van der Waals surface area contributed by atoms with Crippen LogP contribution in [0, 0.1) is 11.8 Å². The highest BCUT2D eigenvalue weighted by Crippen LogP contribution is 2.21. The molecule has 1 N–H and O–H groups in total. The Bertz CT molecular complexity index is 362. The molecule has 15 heavy (non-hydrogen) atoms. The molecule has 0 aliphatic heterocycles. The molecule has 0 saturated heterocycles. The fraction of sp³-hybridized carbons (Fsp3) is 0.385. The zero-order valence-corrected chi connectivity index (χ0v) is 10.8. The van der Waals surface area contributed by atoms with Crippen molar-refractivity contribution in [1.29, 1.82) is 0 Å². The number of hydrogen-bond donors (Lipinski definition) is 1. The molecule has 1 atom stereocenters. The van der Waals surface area contributed by atoms with E-state index in [1.807, 2.05) is 20.0 Å². The minimum atomic E-state index is 0.392. The van der Waals surface area contributed by atoms with Crippen LogP contribution in [-0.4, -0.2) is 7.05 Å². The summed E-state index contributed by atoms with van der Waals surface area (Å²) in [6, 6.07) is 8.80. The number of halogens is 1. The van der Waals surface area contributed by atoms with Gasteiger partial charge in [0.2, 0.25) is 0 Å². The molecule has 0 saturated carbocycles. The van der Waals surface area contributed by atoms with Gasteiger partial charge in [-0.15, -0.1) is 11.8 Å². The van der Waals surface area contributed by atoms with Crippen LogP contribution >= 0.6 is 15.9 Å². The lowest BCUT2D eigenvalue weighted by Gasteiger charge is -2.15. The molecule has 0 radical (unpaired) electrons. The highest BCUT2D eigenvalue weighted by Gasteiger charge is 2.07. The van der Waals surface area contributed by atoms with E-state index in [9.17, 15) is 0 Å². The predicted octanol–water partition coefficient (Wildman–Crippen LogP) is 3.51. The van der Waals surface area contributed by atoms with Gasteiger partial charge in [0.1, 0.15) is 0 Å². The minimum Gasteiger partial charge on any atom is -0.313 e. The normalized spacial score (nSPS) is 11.7. The molecule has 1 aromatic carbocycles. The first-order chi connectivity index (χ1) is 7.27. The van der Waals surface area contributed by atoms with E-state index in [4.69, 9.17) is 0 Å². The Balaban J connectivity index is 2.68. The van der Waals surface area contributed by atoms with Crippen molar-refractivity contribution >= 4 is 15.9 Å². The van der Waals surface area contributed by atoms with Gasteiger partial charge in [0, 0.05) is 16.9 Å². The molecule has 0 spiro atoms. The largest absolute Gasteiger partial charge is 0.313 e. The molecular formula is C13H16BrN. The Morgan fingerprint density at radius 1 is 1.47 bits per heavy atom. The van der Waals surface area contributed by atoms with Gasteiger partial charge in [-0.3, -0.25) is 0 Å². The summed E-state index contributed by atoms with van der Waals surface area (Å²) in [4.78, 5) is 0. The monoisotopic (exact) mass is 265 g/mol. The van der Waals surface area contributed by atoms with Crippen LogP contribution in [-0.2, 0) is 0 Å². The lowest BCUT2D eigenvalue weighted by Crippen LogP contribution is -2.15. The van der Waals surface area contributed by atoms with Crippen molar-refractivity contribution in [1.82, 2.24) is 5.32 Å². The molecule has 0 aliphatic rings. The van der Waals surface area contributed by atoms with Crippen LogP contribution in [0.2, 0.25) is 0 Å². The number of benzene rings is 1. The van der Waals surface area contributed by atoms with Gasteiger partial charge in [-0.25, -0.2) is 0 Å². The molecule has 80 valence electrons. The van der Waals surface area contributed by atoms with Crippen LogP contribution in [0.4, 0.5) is 0 Å². The van der Waals surface area contributed by atoms with Gasteiger partial charge in [0.15, 0.2) is 0 Å². The third-order valence-electron chi connectivity index (χ3n) is 2.33. The van der Waals surface area contributed by atoms with Crippen LogP contribution in [0.5, 0.6) is 0 Å². The summed E-state index contributed by atoms with van der Waals surface area (Å²) in [7, 11) is 1.99. The highest BCUT2D eigenvalue weighted by atomic mass is 79.9. The number of nitrogens with one attached hydrogen (secondary N) is 1. The van der Waals surface area contributed by atoms with Crippen LogP contribution in [0.15, 0.2) is 28.7 Å². The van der Waals surface area contributed by atoms with E-state index in [0.717, 1.165) is 17.3 Å². The summed E-state index contributed by atoms with van der Waals surface area (Å²) >= 11 is 3.49. The summed E-state index contributed by atoms with van der Waals surface area (Å²) < 4.78 is 1.13. The maximum absolute atomic E-state index is 3.49. The van der Waals surface area contributed by atoms with Crippen molar-refractivity contribution in [2.24, 2.45) is 0 Å². The zero-order valence-electron chi connectivity index (χ0n) is 9.18. The topological polar surface area (TPSA) is 12.0 Å². The van der Waals surface area contributed by atoms with Crippen LogP contribution in [0.25, 0.3) is 0 Å². The van der Waals surface area contributed by atoms with Gasteiger partial charge >= 0.3 is 0 Å². The molecule has 2 heteroatoms. The summed E-state index contributed by atoms with van der Waals surface area (Å²) in [6.45, 7) is 1.88. The second kappa shape index (κ2) is 6.66. The van der Waals surface area contributed by atoms with Gasteiger partial charge in [0.05, 0.1) is 0 Å². The Hall–Kier alpha value is -0.780. The lowest BCUT2D eigenvalue weighted by atomic mass is 10.0. The Morgan fingerprint density at radius 3 is 2.87 bits per heavy atom. The zero-order chi connectivity index (χ0) is 11.1. The van der Waals surface area contributed by atoms with E-state index >= 15 is 0 Å². The molecule has 0 fully saturated rings.